The van der Waals surface area contributed by atoms with E-state index in [0.717, 1.165) is 6.42 Å². The predicted octanol–water partition coefficient (Wildman–Crippen LogP) is 1.04. The topological polar surface area (TPSA) is 102 Å². The molecule has 0 aromatic carbocycles. The maximum atomic E-state index is 12.5. The van der Waals surface area contributed by atoms with E-state index in [-0.39, 0.29) is 10.8 Å². The average Bonchev–Trinajstić information content (AvgIpc) is 2.86. The Morgan fingerprint density at radius 3 is 2.90 bits per heavy atom. The molecule has 0 aliphatic carbocycles. The van der Waals surface area contributed by atoms with Crippen molar-refractivity contribution in [2.24, 2.45) is 5.84 Å². The summed E-state index contributed by atoms with van der Waals surface area (Å²) >= 11 is 1.70. The molecule has 0 aliphatic rings. The maximum Gasteiger partial charge on any atom is 0.260 e. The summed E-state index contributed by atoms with van der Waals surface area (Å²) in [6.07, 6.45) is 4.39. The van der Waals surface area contributed by atoms with Crippen molar-refractivity contribution < 1.29 is 8.42 Å². The first-order chi connectivity index (χ1) is 9.99. The van der Waals surface area contributed by atoms with Gasteiger partial charge in [-0.1, -0.05) is 13.0 Å². The summed E-state index contributed by atoms with van der Waals surface area (Å²) in [5.74, 6) is 5.52. The number of imidazole rings is 1. The Bertz CT molecular complexity index is 714. The molecule has 0 spiro atoms. The van der Waals surface area contributed by atoms with Crippen molar-refractivity contribution in [3.63, 3.8) is 0 Å². The molecule has 0 fully saturated rings. The van der Waals surface area contributed by atoms with Crippen LogP contribution in [0, 0.1) is 0 Å². The van der Waals surface area contributed by atoms with E-state index in [9.17, 15) is 8.42 Å². The zero-order valence-corrected chi connectivity index (χ0v) is 13.5. The lowest BCUT2D eigenvalue weighted by Crippen LogP contribution is -2.28. The second-order valence-corrected chi connectivity index (χ2v) is 7.53. The molecular weight excluding hydrogens is 310 g/mol. The summed E-state index contributed by atoms with van der Waals surface area (Å²) in [5.41, 5.74) is 2.86. The first-order valence-corrected chi connectivity index (χ1v) is 9.23. The first kappa shape index (κ1) is 16.1. The molecule has 0 amide bonds. The van der Waals surface area contributed by atoms with Gasteiger partial charge in [-0.25, -0.2) is 24.0 Å². The van der Waals surface area contributed by atoms with E-state index in [1.54, 1.807) is 36.2 Å². The molecule has 0 aliphatic heterocycles. The highest BCUT2D eigenvalue weighted by Gasteiger charge is 2.24. The van der Waals surface area contributed by atoms with Gasteiger partial charge in [0.25, 0.3) is 10.0 Å². The third kappa shape index (κ3) is 3.49. The summed E-state index contributed by atoms with van der Waals surface area (Å²) in [6.45, 7) is 2.43. The third-order valence-corrected chi connectivity index (χ3v) is 5.65. The van der Waals surface area contributed by atoms with Crippen molar-refractivity contribution in [3.05, 3.63) is 24.4 Å². The van der Waals surface area contributed by atoms with Crippen molar-refractivity contribution in [1.29, 1.82) is 0 Å². The quantitative estimate of drug-likeness (QED) is 0.518. The average molecular weight is 329 g/mol. The predicted molar refractivity (Wildman–Crippen MR) is 85.8 cm³/mol. The van der Waals surface area contributed by atoms with Crippen LogP contribution in [-0.2, 0) is 10.0 Å². The van der Waals surface area contributed by atoms with Crippen LogP contribution in [0.3, 0.4) is 0 Å². The van der Waals surface area contributed by atoms with Gasteiger partial charge in [-0.05, 0) is 24.8 Å². The molecule has 0 bridgehead atoms. The molecule has 2 aromatic rings. The minimum absolute atomic E-state index is 0.0254. The Labute approximate surface area is 128 Å². The summed E-state index contributed by atoms with van der Waals surface area (Å²) < 4.78 is 29.1. The minimum atomic E-state index is -3.69. The van der Waals surface area contributed by atoms with Gasteiger partial charge in [0, 0.05) is 18.0 Å². The molecule has 0 radical (unpaired) electrons. The number of pyridine rings is 1. The number of hydrazine groups is 1. The highest BCUT2D eigenvalue weighted by Crippen LogP contribution is 2.21. The van der Waals surface area contributed by atoms with Crippen LogP contribution < -0.4 is 16.0 Å². The largest absolute Gasteiger partial charge is 0.306 e. The number of anilines is 1. The molecule has 1 atom stereocenters. The fourth-order valence-electron chi connectivity index (χ4n) is 1.91. The molecule has 0 saturated heterocycles. The third-order valence-electron chi connectivity index (χ3n) is 3.12. The summed E-state index contributed by atoms with van der Waals surface area (Å²) in [4.78, 5) is 4.16. The van der Waals surface area contributed by atoms with Gasteiger partial charge in [-0.3, -0.25) is 4.40 Å². The van der Waals surface area contributed by atoms with Crippen LogP contribution >= 0.6 is 11.8 Å². The van der Waals surface area contributed by atoms with Crippen LogP contribution in [0.15, 0.2) is 29.4 Å². The number of fused-ring (bicyclic) bond motifs is 1. The van der Waals surface area contributed by atoms with Gasteiger partial charge >= 0.3 is 0 Å². The summed E-state index contributed by atoms with van der Waals surface area (Å²) in [5, 5.41) is 0.416. The van der Waals surface area contributed by atoms with E-state index in [2.05, 4.69) is 22.1 Å². The number of hydrogen-bond donors (Lipinski definition) is 3. The molecule has 116 valence electrons. The van der Waals surface area contributed by atoms with Crippen LogP contribution in [-0.4, -0.2) is 35.9 Å². The highest BCUT2D eigenvalue weighted by molar-refractivity contribution is 7.99. The lowest BCUT2D eigenvalue weighted by atomic mass is 10.3. The van der Waals surface area contributed by atoms with Gasteiger partial charge in [-0.15, -0.1) is 0 Å². The number of nitrogens with one attached hydrogen (secondary N) is 2. The molecule has 1 unspecified atom stereocenters. The van der Waals surface area contributed by atoms with Crippen LogP contribution in [0.25, 0.3) is 5.65 Å². The van der Waals surface area contributed by atoms with Crippen molar-refractivity contribution in [3.8, 4) is 0 Å². The molecule has 2 heterocycles. The number of nitrogens with two attached hydrogens (primary N) is 1. The van der Waals surface area contributed by atoms with E-state index in [4.69, 9.17) is 5.84 Å². The number of aromatic nitrogens is 2. The van der Waals surface area contributed by atoms with E-state index in [0.29, 0.717) is 17.4 Å². The van der Waals surface area contributed by atoms with Crippen molar-refractivity contribution in [2.75, 3.05) is 18.2 Å². The molecule has 21 heavy (non-hydrogen) atoms. The summed E-state index contributed by atoms with van der Waals surface area (Å²) in [7, 11) is -3.69. The van der Waals surface area contributed by atoms with Gasteiger partial charge in [0.1, 0.15) is 5.65 Å². The second kappa shape index (κ2) is 6.65. The SMILES string of the molecule is CSC(C)CCNS(=O)(=O)c1c(NN)nc2ccccn12. The van der Waals surface area contributed by atoms with Gasteiger partial charge in [0.15, 0.2) is 10.8 Å². The van der Waals surface area contributed by atoms with Crippen molar-refractivity contribution >= 4 is 33.3 Å². The maximum absolute atomic E-state index is 12.5. The molecule has 2 rings (SSSR count). The molecule has 4 N–H and O–H groups in total. The Hall–Kier alpha value is -1.29. The Kier molecular flexibility index (Phi) is 5.09. The van der Waals surface area contributed by atoms with Crippen molar-refractivity contribution in [2.45, 2.75) is 23.6 Å². The zero-order valence-electron chi connectivity index (χ0n) is 11.9. The number of thioether (sulfide) groups is 1. The van der Waals surface area contributed by atoms with Gasteiger partial charge in [0.2, 0.25) is 0 Å². The lowest BCUT2D eigenvalue weighted by molar-refractivity contribution is 0.574. The number of hydrogen-bond acceptors (Lipinski definition) is 6. The lowest BCUT2D eigenvalue weighted by Gasteiger charge is -2.10. The first-order valence-electron chi connectivity index (χ1n) is 6.45. The second-order valence-electron chi connectivity index (χ2n) is 4.57. The molecular formula is C12H19N5O2S2. The molecule has 9 heteroatoms. The molecule has 7 nitrogen and oxygen atoms in total. The molecule has 0 saturated carbocycles. The van der Waals surface area contributed by atoms with E-state index < -0.39 is 10.0 Å². The Morgan fingerprint density at radius 2 is 2.24 bits per heavy atom. The van der Waals surface area contributed by atoms with Crippen molar-refractivity contribution in [1.82, 2.24) is 14.1 Å². The smallest absolute Gasteiger partial charge is 0.260 e. The fourth-order valence-corrected chi connectivity index (χ4v) is 3.56. The number of nitrogens with zero attached hydrogens (tertiary/aromatic N) is 2. The van der Waals surface area contributed by atoms with E-state index in [1.807, 2.05) is 6.26 Å². The van der Waals surface area contributed by atoms with Gasteiger partial charge in [-0.2, -0.15) is 11.8 Å². The number of sulfonamides is 1. The number of rotatable bonds is 7. The highest BCUT2D eigenvalue weighted by atomic mass is 32.2. The monoisotopic (exact) mass is 329 g/mol. The fraction of sp³-hybridized carbons (Fsp3) is 0.417. The van der Waals surface area contributed by atoms with Gasteiger partial charge < -0.3 is 5.43 Å². The minimum Gasteiger partial charge on any atom is -0.306 e. The Morgan fingerprint density at radius 1 is 1.48 bits per heavy atom. The van der Waals surface area contributed by atoms with E-state index >= 15 is 0 Å². The standard InChI is InChI=1S/C12H19N5O2S2/c1-9(20-2)6-7-14-21(18,19)12-11(16-13)15-10-5-3-4-8-17(10)12/h3-5,8-9,14,16H,6-7,13H2,1-2H3. The van der Waals surface area contributed by atoms with Crippen LogP contribution in [0.2, 0.25) is 0 Å². The Balaban J connectivity index is 2.31. The normalized spacial score (nSPS) is 13.5. The summed E-state index contributed by atoms with van der Waals surface area (Å²) in [6, 6.07) is 5.24. The zero-order chi connectivity index (χ0) is 15.5. The van der Waals surface area contributed by atoms with Crippen LogP contribution in [0.1, 0.15) is 13.3 Å². The van der Waals surface area contributed by atoms with Gasteiger partial charge in [0.05, 0.1) is 0 Å². The van der Waals surface area contributed by atoms with Crippen LogP contribution in [0.5, 0.6) is 0 Å². The number of nitrogen functional groups attached to an aromatic ring is 1. The van der Waals surface area contributed by atoms with Crippen LogP contribution in [0.4, 0.5) is 5.82 Å². The van der Waals surface area contributed by atoms with E-state index in [1.165, 1.54) is 4.40 Å². The molecule has 2 aromatic heterocycles.